The summed E-state index contributed by atoms with van der Waals surface area (Å²) in [7, 11) is 0. The quantitative estimate of drug-likeness (QED) is 0.553. The first kappa shape index (κ1) is 16.9. The van der Waals surface area contributed by atoms with Crippen LogP contribution in [0.25, 0.3) is 27.7 Å². The molecule has 0 saturated carbocycles. The third kappa shape index (κ3) is 2.49. The van der Waals surface area contributed by atoms with E-state index < -0.39 is 0 Å². The molecule has 1 saturated heterocycles. The number of hydrogen-bond acceptors (Lipinski definition) is 5. The summed E-state index contributed by atoms with van der Waals surface area (Å²) in [6.45, 7) is 3.61. The molecule has 0 radical (unpaired) electrons. The Balaban J connectivity index is 1.91. The van der Waals surface area contributed by atoms with E-state index in [1.54, 1.807) is 10.5 Å². The van der Waals surface area contributed by atoms with Crippen LogP contribution in [0.2, 0.25) is 0 Å². The number of anilines is 1. The number of aromatic nitrogens is 3. The van der Waals surface area contributed by atoms with E-state index in [0.29, 0.717) is 27.9 Å². The number of rotatable bonds is 1. The Kier molecular flexibility index (Phi) is 3.71. The number of halogens is 1. The summed E-state index contributed by atoms with van der Waals surface area (Å²) in [6, 6.07) is 10.7. The van der Waals surface area contributed by atoms with Gasteiger partial charge in [-0.1, -0.05) is 0 Å². The van der Waals surface area contributed by atoms with E-state index in [4.69, 9.17) is 10.7 Å². The Hall–Kier alpha value is -3.24. The minimum atomic E-state index is -0.348. The van der Waals surface area contributed by atoms with Crippen LogP contribution in [0.5, 0.6) is 0 Å². The molecule has 0 spiro atoms. The first-order valence-electron chi connectivity index (χ1n) is 9.38. The summed E-state index contributed by atoms with van der Waals surface area (Å²) in [4.78, 5) is 11.6. The van der Waals surface area contributed by atoms with E-state index in [2.05, 4.69) is 16.0 Å². The Morgan fingerprint density at radius 1 is 1.21 bits per heavy atom. The molecule has 1 fully saturated rings. The molecule has 0 bridgehead atoms. The topological polar surface area (TPSA) is 83.2 Å². The molecule has 1 aromatic carbocycles. The predicted molar refractivity (Wildman–Crippen MR) is 107 cm³/mol. The molecule has 3 aromatic heterocycles. The number of imidazole rings is 1. The molecule has 4 aromatic rings. The lowest BCUT2D eigenvalue weighted by atomic mass is 10.0. The second-order valence-corrected chi connectivity index (χ2v) is 7.44. The van der Waals surface area contributed by atoms with Crippen molar-refractivity contribution in [3.63, 3.8) is 0 Å². The van der Waals surface area contributed by atoms with Crippen LogP contribution in [0.4, 0.5) is 10.1 Å². The zero-order valence-corrected chi connectivity index (χ0v) is 15.5. The molecule has 28 heavy (non-hydrogen) atoms. The van der Waals surface area contributed by atoms with Gasteiger partial charge in [-0.25, -0.2) is 14.4 Å². The molecule has 5 rings (SSSR count). The monoisotopic (exact) mass is 374 g/mol. The Morgan fingerprint density at radius 2 is 2.07 bits per heavy atom. The van der Waals surface area contributed by atoms with E-state index in [-0.39, 0.29) is 11.9 Å². The average Bonchev–Trinajstić information content (AvgIpc) is 3.06. The van der Waals surface area contributed by atoms with Crippen LogP contribution in [0.15, 0.2) is 30.3 Å². The number of hydrogen-bond donors (Lipinski definition) is 1. The van der Waals surface area contributed by atoms with E-state index in [0.717, 1.165) is 42.7 Å². The molecule has 2 N–H and O–H groups in total. The number of nitrogens with two attached hydrogens (primary N) is 1. The fourth-order valence-electron chi connectivity index (χ4n) is 4.18. The first-order valence-corrected chi connectivity index (χ1v) is 9.38. The molecule has 0 amide bonds. The maximum atomic E-state index is 14.0. The van der Waals surface area contributed by atoms with Crippen molar-refractivity contribution in [3.8, 4) is 6.07 Å². The number of nitrogens with zero attached hydrogens (tertiary/aromatic N) is 5. The Labute approximate surface area is 161 Å². The highest BCUT2D eigenvalue weighted by atomic mass is 19.1. The fraction of sp³-hybridized carbons (Fsp3) is 0.286. The van der Waals surface area contributed by atoms with Gasteiger partial charge in [0, 0.05) is 42.0 Å². The highest BCUT2D eigenvalue weighted by Gasteiger charge is 2.22. The zero-order chi connectivity index (χ0) is 19.4. The molecular formula is C21H19FN6. The van der Waals surface area contributed by atoms with E-state index in [1.807, 2.05) is 19.1 Å². The third-order valence-corrected chi connectivity index (χ3v) is 5.42. The minimum Gasteiger partial charge on any atom is -0.369 e. The summed E-state index contributed by atoms with van der Waals surface area (Å²) < 4.78 is 15.8. The van der Waals surface area contributed by atoms with Crippen molar-refractivity contribution in [2.75, 3.05) is 18.0 Å². The van der Waals surface area contributed by atoms with E-state index in [1.165, 1.54) is 12.1 Å². The molecule has 7 heteroatoms. The van der Waals surface area contributed by atoms with Crippen molar-refractivity contribution in [2.24, 2.45) is 5.73 Å². The highest BCUT2D eigenvalue weighted by Crippen LogP contribution is 2.33. The molecule has 140 valence electrons. The minimum absolute atomic E-state index is 0.125. The van der Waals surface area contributed by atoms with Gasteiger partial charge in [-0.05, 0) is 44.0 Å². The van der Waals surface area contributed by atoms with Crippen molar-refractivity contribution < 1.29 is 4.39 Å². The van der Waals surface area contributed by atoms with E-state index in [9.17, 15) is 9.65 Å². The van der Waals surface area contributed by atoms with Crippen LogP contribution < -0.4 is 10.6 Å². The third-order valence-electron chi connectivity index (χ3n) is 5.42. The van der Waals surface area contributed by atoms with Gasteiger partial charge in [0.25, 0.3) is 0 Å². The normalized spacial score (nSPS) is 17.5. The van der Waals surface area contributed by atoms with Gasteiger partial charge >= 0.3 is 0 Å². The van der Waals surface area contributed by atoms with Gasteiger partial charge in [0.15, 0.2) is 5.65 Å². The highest BCUT2D eigenvalue weighted by molar-refractivity contribution is 5.97. The van der Waals surface area contributed by atoms with Crippen LogP contribution in [-0.4, -0.2) is 33.5 Å². The average molecular weight is 374 g/mol. The van der Waals surface area contributed by atoms with Crippen LogP contribution in [-0.2, 0) is 0 Å². The molecule has 1 aliphatic heterocycles. The summed E-state index contributed by atoms with van der Waals surface area (Å²) in [6.07, 6.45) is 2.04. The number of nitriles is 1. The second-order valence-electron chi connectivity index (χ2n) is 7.44. The molecule has 0 aliphatic carbocycles. The summed E-state index contributed by atoms with van der Waals surface area (Å²) in [5, 5.41) is 10.6. The van der Waals surface area contributed by atoms with Gasteiger partial charge in [-0.15, -0.1) is 0 Å². The van der Waals surface area contributed by atoms with Crippen LogP contribution in [0.3, 0.4) is 0 Å². The zero-order valence-electron chi connectivity index (χ0n) is 15.5. The van der Waals surface area contributed by atoms with Crippen molar-refractivity contribution in [1.82, 2.24) is 14.4 Å². The fourth-order valence-corrected chi connectivity index (χ4v) is 4.18. The van der Waals surface area contributed by atoms with Crippen molar-refractivity contribution in [1.29, 1.82) is 5.26 Å². The van der Waals surface area contributed by atoms with Gasteiger partial charge in [0.1, 0.15) is 17.5 Å². The molecular weight excluding hydrogens is 355 g/mol. The number of pyridine rings is 2. The number of piperidine rings is 1. The van der Waals surface area contributed by atoms with Gasteiger partial charge in [-0.3, -0.25) is 4.40 Å². The SMILES string of the molecule is Cc1cc(N2CCC[C@@H](N)C2)c2cc(C#N)c3nc4ccc(F)cc4n3c2n1. The van der Waals surface area contributed by atoms with Gasteiger partial charge in [-0.2, -0.15) is 5.26 Å². The Bertz CT molecular complexity index is 1290. The van der Waals surface area contributed by atoms with Crippen molar-refractivity contribution in [3.05, 3.63) is 47.4 Å². The lowest BCUT2D eigenvalue weighted by Crippen LogP contribution is -2.43. The number of fused-ring (bicyclic) bond motifs is 5. The smallest absolute Gasteiger partial charge is 0.157 e. The lowest BCUT2D eigenvalue weighted by Gasteiger charge is -2.33. The molecule has 0 unspecified atom stereocenters. The molecule has 6 nitrogen and oxygen atoms in total. The van der Waals surface area contributed by atoms with Gasteiger partial charge in [0.05, 0.1) is 16.6 Å². The van der Waals surface area contributed by atoms with Gasteiger partial charge in [0.2, 0.25) is 0 Å². The predicted octanol–water partition coefficient (Wildman–Crippen LogP) is 3.28. The summed E-state index contributed by atoms with van der Waals surface area (Å²) >= 11 is 0. The second kappa shape index (κ2) is 6.14. The van der Waals surface area contributed by atoms with Crippen molar-refractivity contribution in [2.45, 2.75) is 25.8 Å². The maximum absolute atomic E-state index is 14.0. The largest absolute Gasteiger partial charge is 0.369 e. The Morgan fingerprint density at radius 3 is 2.86 bits per heavy atom. The first-order chi connectivity index (χ1) is 13.5. The lowest BCUT2D eigenvalue weighted by molar-refractivity contribution is 0.507. The van der Waals surface area contributed by atoms with Crippen LogP contribution in [0, 0.1) is 24.1 Å². The van der Waals surface area contributed by atoms with Gasteiger partial charge < -0.3 is 10.6 Å². The standard InChI is InChI=1S/C21H19FN6/c1-12-7-18(27-6-2-3-15(24)11-27)16-8-13(10-23)20-26-17-5-4-14(22)9-19(17)28(20)21(16)25-12/h4-5,7-9,15H,2-3,6,11,24H2,1H3/t15-/m1/s1. The number of aryl methyl sites for hydroxylation is 1. The van der Waals surface area contributed by atoms with Crippen LogP contribution >= 0.6 is 0 Å². The maximum Gasteiger partial charge on any atom is 0.157 e. The molecule has 1 atom stereocenters. The van der Waals surface area contributed by atoms with Crippen LogP contribution in [0.1, 0.15) is 24.1 Å². The van der Waals surface area contributed by atoms with E-state index >= 15 is 0 Å². The molecule has 4 heterocycles. The molecule has 1 aliphatic rings. The van der Waals surface area contributed by atoms with Crippen molar-refractivity contribution >= 4 is 33.4 Å². The summed E-state index contributed by atoms with van der Waals surface area (Å²) in [5.74, 6) is -0.348. The number of benzene rings is 1. The summed E-state index contributed by atoms with van der Waals surface area (Å²) in [5.41, 5.74) is 10.9.